The molecule has 0 radical (unpaired) electrons. The first-order valence-corrected chi connectivity index (χ1v) is 8.81. The van der Waals surface area contributed by atoms with Gasteiger partial charge in [-0.3, -0.25) is 0 Å². The summed E-state index contributed by atoms with van der Waals surface area (Å²) in [6, 6.07) is 5.52. The average molecular weight is 295 g/mol. The van der Waals surface area contributed by atoms with E-state index in [0.29, 0.717) is 17.9 Å². The van der Waals surface area contributed by atoms with Gasteiger partial charge in [-0.1, -0.05) is 6.07 Å². The van der Waals surface area contributed by atoms with E-state index in [1.165, 1.54) is 21.9 Å². The number of nitrogens with zero attached hydrogens (tertiary/aromatic N) is 1. The smallest absolute Gasteiger partial charge is 0.243 e. The topological polar surface area (TPSA) is 57.6 Å². The predicted octanol–water partition coefficient (Wildman–Crippen LogP) is 1.71. The van der Waals surface area contributed by atoms with E-state index >= 15 is 0 Å². The van der Waals surface area contributed by atoms with E-state index in [9.17, 15) is 13.5 Å². The van der Waals surface area contributed by atoms with Gasteiger partial charge < -0.3 is 5.11 Å². The van der Waals surface area contributed by atoms with Gasteiger partial charge in [0, 0.05) is 13.1 Å². The van der Waals surface area contributed by atoms with Crippen LogP contribution >= 0.6 is 0 Å². The molecule has 3 rings (SSSR count). The summed E-state index contributed by atoms with van der Waals surface area (Å²) in [7, 11) is -3.46. The fraction of sp³-hybridized carbons (Fsp3) is 0.600. The number of rotatable bonds is 2. The highest BCUT2D eigenvalue weighted by atomic mass is 32.2. The van der Waals surface area contributed by atoms with Gasteiger partial charge in [0.2, 0.25) is 10.0 Å². The molecule has 0 aromatic heterocycles. The summed E-state index contributed by atoms with van der Waals surface area (Å²) in [4.78, 5) is 0.382. The van der Waals surface area contributed by atoms with Crippen LogP contribution < -0.4 is 0 Å². The van der Waals surface area contributed by atoms with Crippen molar-refractivity contribution in [2.75, 3.05) is 13.1 Å². The molecule has 20 heavy (non-hydrogen) atoms. The molecular formula is C15H21NO3S. The van der Waals surface area contributed by atoms with Gasteiger partial charge in [0.25, 0.3) is 0 Å². The molecule has 0 spiro atoms. The lowest BCUT2D eigenvalue weighted by atomic mass is 9.92. The van der Waals surface area contributed by atoms with Crippen molar-refractivity contribution in [3.05, 3.63) is 29.3 Å². The van der Waals surface area contributed by atoms with Crippen LogP contribution in [0.4, 0.5) is 0 Å². The molecule has 5 heteroatoms. The van der Waals surface area contributed by atoms with Crippen LogP contribution in [0.25, 0.3) is 0 Å². The zero-order chi connectivity index (χ0) is 14.2. The Bertz CT molecular complexity index is 597. The Labute approximate surface area is 120 Å². The normalized spacial score (nSPS) is 24.4. The molecule has 1 aromatic carbocycles. The minimum absolute atomic E-state index is 0.222. The van der Waals surface area contributed by atoms with E-state index in [1.807, 2.05) is 12.1 Å². The lowest BCUT2D eigenvalue weighted by molar-refractivity contribution is 0.108. The molecule has 1 aliphatic carbocycles. The molecule has 1 atom stereocenters. The number of aryl methyl sites for hydroxylation is 2. The molecule has 0 amide bonds. The van der Waals surface area contributed by atoms with E-state index < -0.39 is 16.1 Å². The lowest BCUT2D eigenvalue weighted by Gasteiger charge is -2.29. The van der Waals surface area contributed by atoms with Crippen molar-refractivity contribution >= 4 is 10.0 Å². The molecule has 1 saturated heterocycles. The van der Waals surface area contributed by atoms with Crippen LogP contribution in [0.3, 0.4) is 0 Å². The van der Waals surface area contributed by atoms with Crippen molar-refractivity contribution in [1.82, 2.24) is 4.31 Å². The van der Waals surface area contributed by atoms with Gasteiger partial charge in [0.1, 0.15) is 0 Å². The van der Waals surface area contributed by atoms with Crippen LogP contribution in [0.5, 0.6) is 0 Å². The highest BCUT2D eigenvalue weighted by Gasteiger charge is 2.29. The van der Waals surface area contributed by atoms with Gasteiger partial charge in [-0.15, -0.1) is 0 Å². The quantitative estimate of drug-likeness (QED) is 0.903. The minimum Gasteiger partial charge on any atom is -0.392 e. The van der Waals surface area contributed by atoms with Crippen LogP contribution in [-0.2, 0) is 22.9 Å². The Balaban J connectivity index is 1.90. The molecule has 4 nitrogen and oxygen atoms in total. The van der Waals surface area contributed by atoms with Crippen LogP contribution in [0, 0.1) is 0 Å². The Kier molecular flexibility index (Phi) is 3.84. The van der Waals surface area contributed by atoms with Crippen molar-refractivity contribution < 1.29 is 13.5 Å². The van der Waals surface area contributed by atoms with E-state index in [1.54, 1.807) is 6.07 Å². The number of aliphatic hydroxyl groups excluding tert-OH is 1. The van der Waals surface area contributed by atoms with Gasteiger partial charge in [-0.05, 0) is 61.8 Å². The first-order valence-electron chi connectivity index (χ1n) is 7.37. The number of sulfonamides is 1. The highest BCUT2D eigenvalue weighted by Crippen LogP contribution is 2.27. The van der Waals surface area contributed by atoms with Crippen molar-refractivity contribution in [3.8, 4) is 0 Å². The summed E-state index contributed by atoms with van der Waals surface area (Å²) >= 11 is 0. The number of hydrogen-bond acceptors (Lipinski definition) is 3. The van der Waals surface area contributed by atoms with Gasteiger partial charge in [-0.25, -0.2) is 8.42 Å². The number of benzene rings is 1. The molecule has 2 aliphatic rings. The molecule has 0 unspecified atom stereocenters. The number of fused-ring (bicyclic) bond motifs is 1. The molecule has 1 aliphatic heterocycles. The molecule has 1 aromatic rings. The SMILES string of the molecule is O=S(=O)(c1ccc2c(c1)CCCC2)N1CCC[C@H](O)C1. The third-order valence-electron chi connectivity index (χ3n) is 4.32. The van der Waals surface area contributed by atoms with Crippen LogP contribution in [0.2, 0.25) is 0 Å². The zero-order valence-corrected chi connectivity index (χ0v) is 12.4. The Morgan fingerprint density at radius 1 is 1.10 bits per heavy atom. The Hall–Kier alpha value is -0.910. The zero-order valence-electron chi connectivity index (χ0n) is 11.6. The van der Waals surface area contributed by atoms with E-state index in [-0.39, 0.29) is 6.54 Å². The summed E-state index contributed by atoms with van der Waals surface area (Å²) < 4.78 is 26.7. The van der Waals surface area contributed by atoms with Gasteiger partial charge in [0.15, 0.2) is 0 Å². The van der Waals surface area contributed by atoms with Crippen molar-refractivity contribution in [1.29, 1.82) is 0 Å². The minimum atomic E-state index is -3.46. The second-order valence-electron chi connectivity index (χ2n) is 5.80. The Morgan fingerprint density at radius 2 is 1.85 bits per heavy atom. The maximum absolute atomic E-state index is 12.6. The third kappa shape index (κ3) is 2.62. The fourth-order valence-corrected chi connectivity index (χ4v) is 4.73. The monoisotopic (exact) mass is 295 g/mol. The maximum atomic E-state index is 12.6. The van der Waals surface area contributed by atoms with Crippen molar-refractivity contribution in [2.24, 2.45) is 0 Å². The summed E-state index contributed by atoms with van der Waals surface area (Å²) in [6.07, 6.45) is 5.24. The largest absolute Gasteiger partial charge is 0.392 e. The first-order chi connectivity index (χ1) is 9.57. The first kappa shape index (κ1) is 14.0. The van der Waals surface area contributed by atoms with E-state index in [4.69, 9.17) is 0 Å². The number of aliphatic hydroxyl groups is 1. The molecule has 1 heterocycles. The van der Waals surface area contributed by atoms with E-state index in [2.05, 4.69) is 0 Å². The van der Waals surface area contributed by atoms with Gasteiger partial charge >= 0.3 is 0 Å². The summed E-state index contributed by atoms with van der Waals surface area (Å²) in [5.74, 6) is 0. The van der Waals surface area contributed by atoms with Crippen LogP contribution in [0.15, 0.2) is 23.1 Å². The van der Waals surface area contributed by atoms with Gasteiger partial charge in [0.05, 0.1) is 11.0 Å². The standard InChI is InChI=1S/C15H21NO3S/c17-14-6-3-9-16(11-14)20(18,19)15-8-7-12-4-1-2-5-13(12)10-15/h7-8,10,14,17H,1-6,9,11H2/t14-/m0/s1. The second-order valence-corrected chi connectivity index (χ2v) is 7.73. The lowest BCUT2D eigenvalue weighted by Crippen LogP contribution is -2.42. The van der Waals surface area contributed by atoms with Gasteiger partial charge in [-0.2, -0.15) is 4.31 Å². The molecule has 0 bridgehead atoms. The van der Waals surface area contributed by atoms with E-state index in [0.717, 1.165) is 25.7 Å². The molecule has 0 saturated carbocycles. The predicted molar refractivity (Wildman–Crippen MR) is 77.1 cm³/mol. The Morgan fingerprint density at radius 3 is 2.60 bits per heavy atom. The fourth-order valence-electron chi connectivity index (χ4n) is 3.16. The maximum Gasteiger partial charge on any atom is 0.243 e. The molecular weight excluding hydrogens is 274 g/mol. The van der Waals surface area contributed by atoms with Crippen molar-refractivity contribution in [3.63, 3.8) is 0 Å². The number of β-amino-alcohol motifs (C(OH)–C–C–N with tert-alkyl or cyclic N) is 1. The van der Waals surface area contributed by atoms with Crippen molar-refractivity contribution in [2.45, 2.75) is 49.5 Å². The molecule has 110 valence electrons. The number of piperidine rings is 1. The molecule has 1 fully saturated rings. The number of hydrogen-bond donors (Lipinski definition) is 1. The second kappa shape index (κ2) is 5.47. The molecule has 1 N–H and O–H groups in total. The summed E-state index contributed by atoms with van der Waals surface area (Å²) in [6.45, 7) is 0.732. The summed E-state index contributed by atoms with van der Waals surface area (Å²) in [5, 5.41) is 9.68. The van der Waals surface area contributed by atoms with Crippen LogP contribution in [0.1, 0.15) is 36.8 Å². The average Bonchev–Trinajstić information content (AvgIpc) is 2.46. The van der Waals surface area contributed by atoms with Crippen LogP contribution in [-0.4, -0.2) is 37.0 Å². The highest BCUT2D eigenvalue weighted by molar-refractivity contribution is 7.89. The summed E-state index contributed by atoms with van der Waals surface area (Å²) in [5.41, 5.74) is 2.46. The third-order valence-corrected chi connectivity index (χ3v) is 6.18.